The quantitative estimate of drug-likeness (QED) is 0.860. The molecule has 23 heavy (non-hydrogen) atoms. The van der Waals surface area contributed by atoms with Crippen LogP contribution < -0.4 is 5.32 Å². The molecule has 1 saturated heterocycles. The maximum absolute atomic E-state index is 12.6. The highest BCUT2D eigenvalue weighted by molar-refractivity contribution is 9.10. The van der Waals surface area contributed by atoms with E-state index in [1.54, 1.807) is 18.3 Å². The minimum atomic E-state index is -0.232. The van der Waals surface area contributed by atoms with Gasteiger partial charge in [0.15, 0.2) is 0 Å². The lowest BCUT2D eigenvalue weighted by atomic mass is 10.1. The predicted molar refractivity (Wildman–Crippen MR) is 92.8 cm³/mol. The summed E-state index contributed by atoms with van der Waals surface area (Å²) in [5, 5.41) is 2.86. The molecule has 5 nitrogen and oxygen atoms in total. The Balaban J connectivity index is 1.82. The molecule has 1 aromatic heterocycles. The Kier molecular flexibility index (Phi) is 4.52. The number of aromatic nitrogens is 1. The van der Waals surface area contributed by atoms with E-state index in [1.165, 1.54) is 0 Å². The number of benzene rings is 1. The molecule has 6 heteroatoms. The van der Waals surface area contributed by atoms with Crippen LogP contribution in [0.5, 0.6) is 0 Å². The molecule has 2 amide bonds. The van der Waals surface area contributed by atoms with Gasteiger partial charge < -0.3 is 15.2 Å². The third-order valence-electron chi connectivity index (χ3n) is 4.10. The largest absolute Gasteiger partial charge is 0.356 e. The molecule has 1 aliphatic heterocycles. The number of hydrogen-bond donors (Lipinski definition) is 2. The van der Waals surface area contributed by atoms with Gasteiger partial charge >= 0.3 is 0 Å². The summed E-state index contributed by atoms with van der Waals surface area (Å²) >= 11 is 3.31. The minimum Gasteiger partial charge on any atom is -0.356 e. The number of anilines is 1. The van der Waals surface area contributed by atoms with Crippen molar-refractivity contribution in [2.75, 3.05) is 18.4 Å². The van der Waals surface area contributed by atoms with Crippen molar-refractivity contribution in [1.82, 2.24) is 9.88 Å². The van der Waals surface area contributed by atoms with E-state index < -0.39 is 0 Å². The summed E-state index contributed by atoms with van der Waals surface area (Å²) in [6.07, 6.45) is 3.82. The fourth-order valence-electron chi connectivity index (χ4n) is 2.78. The number of carbonyl (C=O) groups excluding carboxylic acids is 2. The number of H-pyrrole nitrogens is 1. The van der Waals surface area contributed by atoms with E-state index in [-0.39, 0.29) is 11.8 Å². The van der Waals surface area contributed by atoms with Crippen LogP contribution in [-0.2, 0) is 0 Å². The fraction of sp³-hybridized carbons (Fsp3) is 0.294. The van der Waals surface area contributed by atoms with Crippen LogP contribution in [0.25, 0.3) is 0 Å². The normalized spacial score (nSPS) is 14.1. The van der Waals surface area contributed by atoms with Gasteiger partial charge in [0.05, 0.1) is 0 Å². The highest BCUT2D eigenvalue weighted by Gasteiger charge is 2.22. The number of aromatic amines is 1. The van der Waals surface area contributed by atoms with Gasteiger partial charge in [-0.2, -0.15) is 0 Å². The molecule has 0 unspecified atom stereocenters. The zero-order valence-electron chi connectivity index (χ0n) is 12.9. The summed E-state index contributed by atoms with van der Waals surface area (Å²) in [5.41, 5.74) is 2.57. The lowest BCUT2D eigenvalue weighted by Gasteiger charge is -2.18. The first-order valence-corrected chi connectivity index (χ1v) is 8.40. The molecule has 3 rings (SSSR count). The number of nitrogens with one attached hydrogen (secondary N) is 2. The SMILES string of the molecule is Cc1c(NC(=O)c2cc(Br)c[nH]2)cccc1C(=O)N1CCCC1. The first kappa shape index (κ1) is 15.8. The molecule has 1 aliphatic rings. The number of likely N-dealkylation sites (tertiary alicyclic amines) is 1. The fourth-order valence-corrected chi connectivity index (χ4v) is 3.13. The molecule has 1 aromatic carbocycles. The Labute approximate surface area is 143 Å². The first-order chi connectivity index (χ1) is 11.1. The predicted octanol–water partition coefficient (Wildman–Crippen LogP) is 3.57. The molecule has 0 atom stereocenters. The Morgan fingerprint density at radius 2 is 2.00 bits per heavy atom. The van der Waals surface area contributed by atoms with E-state index in [0.29, 0.717) is 16.9 Å². The lowest BCUT2D eigenvalue weighted by Crippen LogP contribution is -2.28. The maximum Gasteiger partial charge on any atom is 0.272 e. The van der Waals surface area contributed by atoms with Gasteiger partial charge in [-0.15, -0.1) is 0 Å². The van der Waals surface area contributed by atoms with Crippen molar-refractivity contribution in [2.45, 2.75) is 19.8 Å². The number of nitrogens with zero attached hydrogens (tertiary/aromatic N) is 1. The molecule has 120 valence electrons. The molecule has 0 bridgehead atoms. The van der Waals surface area contributed by atoms with Crippen LogP contribution in [0.3, 0.4) is 0 Å². The topological polar surface area (TPSA) is 65.2 Å². The molecule has 2 N–H and O–H groups in total. The number of amides is 2. The van der Waals surface area contributed by atoms with Gasteiger partial charge in [0, 0.05) is 35.0 Å². The van der Waals surface area contributed by atoms with Gasteiger partial charge in [0.2, 0.25) is 0 Å². The summed E-state index contributed by atoms with van der Waals surface area (Å²) in [7, 11) is 0. The van der Waals surface area contributed by atoms with Gasteiger partial charge in [-0.05, 0) is 59.5 Å². The second kappa shape index (κ2) is 6.58. The Hall–Kier alpha value is -2.08. The summed E-state index contributed by atoms with van der Waals surface area (Å²) in [6.45, 7) is 3.49. The van der Waals surface area contributed by atoms with E-state index in [2.05, 4.69) is 26.2 Å². The van der Waals surface area contributed by atoms with Gasteiger partial charge in [-0.25, -0.2) is 0 Å². The van der Waals surface area contributed by atoms with Crippen LogP contribution >= 0.6 is 15.9 Å². The van der Waals surface area contributed by atoms with Crippen molar-refractivity contribution < 1.29 is 9.59 Å². The van der Waals surface area contributed by atoms with Crippen molar-refractivity contribution in [2.24, 2.45) is 0 Å². The second-order valence-corrected chi connectivity index (χ2v) is 6.58. The van der Waals surface area contributed by atoms with E-state index in [0.717, 1.165) is 36.0 Å². The summed E-state index contributed by atoms with van der Waals surface area (Å²) in [5.74, 6) is -0.191. The van der Waals surface area contributed by atoms with Gasteiger partial charge in [0.25, 0.3) is 11.8 Å². The third kappa shape index (κ3) is 3.32. The molecular formula is C17H18BrN3O2. The number of rotatable bonds is 3. The molecule has 1 fully saturated rings. The summed E-state index contributed by atoms with van der Waals surface area (Å²) in [4.78, 5) is 29.6. The van der Waals surface area contributed by atoms with Crippen molar-refractivity contribution in [3.63, 3.8) is 0 Å². The van der Waals surface area contributed by atoms with Crippen molar-refractivity contribution in [3.05, 3.63) is 51.8 Å². The lowest BCUT2D eigenvalue weighted by molar-refractivity contribution is 0.0791. The van der Waals surface area contributed by atoms with Crippen LogP contribution in [0.1, 0.15) is 39.3 Å². The van der Waals surface area contributed by atoms with Crippen LogP contribution in [-0.4, -0.2) is 34.8 Å². The second-order valence-electron chi connectivity index (χ2n) is 5.66. The summed E-state index contributed by atoms with van der Waals surface area (Å²) < 4.78 is 0.817. The molecule has 0 saturated carbocycles. The maximum atomic E-state index is 12.6. The highest BCUT2D eigenvalue weighted by Crippen LogP contribution is 2.23. The summed E-state index contributed by atoms with van der Waals surface area (Å²) in [6, 6.07) is 7.14. The highest BCUT2D eigenvalue weighted by atomic mass is 79.9. The van der Waals surface area contributed by atoms with E-state index in [1.807, 2.05) is 24.0 Å². The van der Waals surface area contributed by atoms with Gasteiger partial charge in [-0.1, -0.05) is 6.07 Å². The molecule has 0 spiro atoms. The average Bonchev–Trinajstić information content (AvgIpc) is 3.20. The minimum absolute atomic E-state index is 0.0405. The number of carbonyl (C=O) groups is 2. The number of hydrogen-bond acceptors (Lipinski definition) is 2. The van der Waals surface area contributed by atoms with Crippen molar-refractivity contribution in [3.8, 4) is 0 Å². The molecule has 0 aliphatic carbocycles. The van der Waals surface area contributed by atoms with Gasteiger partial charge in [0.1, 0.15) is 5.69 Å². The first-order valence-electron chi connectivity index (χ1n) is 7.60. The van der Waals surface area contributed by atoms with Gasteiger partial charge in [-0.3, -0.25) is 9.59 Å². The zero-order chi connectivity index (χ0) is 16.4. The van der Waals surface area contributed by atoms with Crippen molar-refractivity contribution >= 4 is 33.4 Å². The standard InChI is InChI=1S/C17H18BrN3O2/c1-11-13(17(23)21-7-2-3-8-21)5-4-6-14(11)20-16(22)15-9-12(18)10-19-15/h4-6,9-10,19H,2-3,7-8H2,1H3,(H,20,22). The smallest absolute Gasteiger partial charge is 0.272 e. The van der Waals surface area contributed by atoms with Crippen molar-refractivity contribution in [1.29, 1.82) is 0 Å². The van der Waals surface area contributed by atoms with Crippen LogP contribution in [0.4, 0.5) is 5.69 Å². The Bertz CT molecular complexity index is 748. The van der Waals surface area contributed by atoms with Crippen LogP contribution in [0.15, 0.2) is 34.9 Å². The van der Waals surface area contributed by atoms with E-state index in [4.69, 9.17) is 0 Å². The van der Waals surface area contributed by atoms with Crippen LogP contribution in [0.2, 0.25) is 0 Å². The third-order valence-corrected chi connectivity index (χ3v) is 4.56. The molecular weight excluding hydrogens is 358 g/mol. The average molecular weight is 376 g/mol. The number of halogens is 1. The van der Waals surface area contributed by atoms with E-state index in [9.17, 15) is 9.59 Å². The van der Waals surface area contributed by atoms with E-state index >= 15 is 0 Å². The molecule has 0 radical (unpaired) electrons. The molecule has 2 heterocycles. The monoisotopic (exact) mass is 375 g/mol. The zero-order valence-corrected chi connectivity index (χ0v) is 14.4. The molecule has 2 aromatic rings. The van der Waals surface area contributed by atoms with Crippen LogP contribution in [0, 0.1) is 6.92 Å². The Morgan fingerprint density at radius 3 is 2.65 bits per heavy atom. The Morgan fingerprint density at radius 1 is 1.26 bits per heavy atom.